The number of hydrogen-bond donors (Lipinski definition) is 4. The highest BCUT2D eigenvalue weighted by molar-refractivity contribution is 5.29. The average Bonchev–Trinajstić information content (AvgIpc) is 2.58. The first-order chi connectivity index (χ1) is 11.1. The predicted octanol–water partition coefficient (Wildman–Crippen LogP) is -0.116. The lowest BCUT2D eigenvalue weighted by Crippen LogP contribution is -2.55. The molecule has 1 aliphatic heterocycles. The van der Waals surface area contributed by atoms with Crippen molar-refractivity contribution >= 4 is 0 Å². The summed E-state index contributed by atoms with van der Waals surface area (Å²) in [6.45, 7) is -0.0194. The van der Waals surface area contributed by atoms with Gasteiger partial charge in [0.15, 0.2) is 0 Å². The summed E-state index contributed by atoms with van der Waals surface area (Å²) in [5.74, 6) is 0.622. The Balaban J connectivity index is 2.02. The van der Waals surface area contributed by atoms with Gasteiger partial charge in [-0.1, -0.05) is 12.1 Å². The minimum atomic E-state index is -1.40. The molecule has 7 nitrogen and oxygen atoms in total. The number of unbranched alkanes of at least 4 members (excludes halogenated alkanes) is 1. The zero-order valence-electron chi connectivity index (χ0n) is 12.6. The fourth-order valence-corrected chi connectivity index (χ4v) is 2.47. The van der Waals surface area contributed by atoms with Crippen LogP contribution in [0, 0.1) is 11.3 Å². The molecular formula is C16H21NO6. The number of rotatable bonds is 6. The lowest BCUT2D eigenvalue weighted by Gasteiger charge is -2.40. The zero-order chi connectivity index (χ0) is 16.8. The Kier molecular flexibility index (Phi) is 6.33. The number of benzene rings is 1. The first-order valence-corrected chi connectivity index (χ1v) is 7.48. The maximum absolute atomic E-state index is 10.1. The molecule has 23 heavy (non-hydrogen) atoms. The average molecular weight is 323 g/mol. The lowest BCUT2D eigenvalue weighted by atomic mass is 9.91. The monoisotopic (exact) mass is 323 g/mol. The summed E-state index contributed by atoms with van der Waals surface area (Å²) in [6, 6.07) is 8.81. The molecule has 1 saturated heterocycles. The van der Waals surface area contributed by atoms with Gasteiger partial charge in [0, 0.05) is 6.42 Å². The zero-order valence-corrected chi connectivity index (χ0v) is 12.6. The topological polar surface area (TPSA) is 123 Å². The number of nitriles is 1. The smallest absolute Gasteiger partial charge is 0.119 e. The van der Waals surface area contributed by atoms with E-state index in [9.17, 15) is 20.4 Å². The van der Waals surface area contributed by atoms with Gasteiger partial charge in [-0.15, -0.1) is 0 Å². The minimum Gasteiger partial charge on any atom is -0.494 e. The van der Waals surface area contributed by atoms with Crippen molar-refractivity contribution in [1.29, 1.82) is 5.26 Å². The Morgan fingerprint density at radius 1 is 1.09 bits per heavy atom. The standard InChI is InChI=1S/C16H21NO6/c17-7-1-2-8-22-11-5-3-10(4-6-11)16-15(21)14(20)13(19)12(9-18)23-16/h3-6,12-16,18-21H,1-2,8-9H2/t12?,13-,14?,15?,16-/m1/s1. The van der Waals surface area contributed by atoms with Crippen LogP contribution >= 0.6 is 0 Å². The summed E-state index contributed by atoms with van der Waals surface area (Å²) >= 11 is 0. The van der Waals surface area contributed by atoms with Crippen molar-refractivity contribution in [1.82, 2.24) is 0 Å². The van der Waals surface area contributed by atoms with Crippen LogP contribution in [0.4, 0.5) is 0 Å². The van der Waals surface area contributed by atoms with E-state index in [1.807, 2.05) is 6.07 Å². The molecule has 0 amide bonds. The molecule has 5 atom stereocenters. The maximum atomic E-state index is 10.1. The molecule has 2 rings (SSSR count). The Bertz CT molecular complexity index is 526. The summed E-state index contributed by atoms with van der Waals surface area (Å²) in [6.07, 6.45) is -4.76. The molecule has 1 fully saturated rings. The maximum Gasteiger partial charge on any atom is 0.119 e. The van der Waals surface area contributed by atoms with Crippen molar-refractivity contribution in [3.05, 3.63) is 29.8 Å². The van der Waals surface area contributed by atoms with Crippen molar-refractivity contribution in [2.75, 3.05) is 13.2 Å². The van der Waals surface area contributed by atoms with E-state index in [-0.39, 0.29) is 0 Å². The van der Waals surface area contributed by atoms with E-state index in [2.05, 4.69) is 0 Å². The molecule has 0 saturated carbocycles. The Labute approximate surface area is 134 Å². The third-order valence-electron chi connectivity index (χ3n) is 3.80. The van der Waals surface area contributed by atoms with Crippen LogP contribution in [0.15, 0.2) is 24.3 Å². The second-order valence-corrected chi connectivity index (χ2v) is 5.43. The van der Waals surface area contributed by atoms with E-state index in [1.54, 1.807) is 24.3 Å². The van der Waals surface area contributed by atoms with Gasteiger partial charge in [0.1, 0.15) is 36.3 Å². The van der Waals surface area contributed by atoms with Crippen molar-refractivity contribution in [2.24, 2.45) is 0 Å². The third kappa shape index (κ3) is 4.19. The van der Waals surface area contributed by atoms with Crippen LogP contribution < -0.4 is 4.74 Å². The van der Waals surface area contributed by atoms with Crippen LogP contribution in [-0.4, -0.2) is 58.1 Å². The van der Waals surface area contributed by atoms with E-state index in [0.29, 0.717) is 30.8 Å². The van der Waals surface area contributed by atoms with Crippen molar-refractivity contribution in [2.45, 2.75) is 43.4 Å². The number of nitrogens with zero attached hydrogens (tertiary/aromatic N) is 1. The van der Waals surface area contributed by atoms with Gasteiger partial charge in [0.05, 0.1) is 19.3 Å². The molecule has 0 aromatic heterocycles. The Morgan fingerprint density at radius 3 is 2.39 bits per heavy atom. The highest BCUT2D eigenvalue weighted by Crippen LogP contribution is 2.33. The number of ether oxygens (including phenoxy) is 2. The second kappa shape index (κ2) is 8.24. The largest absolute Gasteiger partial charge is 0.494 e. The molecule has 0 aliphatic carbocycles. The molecule has 1 aliphatic rings. The van der Waals surface area contributed by atoms with Crippen LogP contribution in [0.5, 0.6) is 5.75 Å². The fourth-order valence-electron chi connectivity index (χ4n) is 2.47. The van der Waals surface area contributed by atoms with Crippen molar-refractivity contribution < 1.29 is 29.9 Å². The molecule has 1 aromatic rings. The molecule has 3 unspecified atom stereocenters. The third-order valence-corrected chi connectivity index (χ3v) is 3.80. The summed E-state index contributed by atoms with van der Waals surface area (Å²) in [7, 11) is 0. The highest BCUT2D eigenvalue weighted by Gasteiger charge is 2.43. The van der Waals surface area contributed by atoms with E-state index in [1.165, 1.54) is 0 Å². The summed E-state index contributed by atoms with van der Waals surface area (Å²) < 4.78 is 11.0. The SMILES string of the molecule is N#CCCCOc1ccc([C@H]2OC(CO)[C@@H](O)C(O)C2O)cc1. The van der Waals surface area contributed by atoms with Crippen LogP contribution in [-0.2, 0) is 4.74 Å². The Morgan fingerprint density at radius 2 is 1.78 bits per heavy atom. The number of hydrogen-bond acceptors (Lipinski definition) is 7. The fraction of sp³-hybridized carbons (Fsp3) is 0.562. The Hall–Kier alpha value is -1.69. The van der Waals surface area contributed by atoms with Gasteiger partial charge < -0.3 is 29.9 Å². The summed E-state index contributed by atoms with van der Waals surface area (Å²) in [5.41, 5.74) is 0.603. The minimum absolute atomic E-state index is 0.433. The number of aliphatic hydroxyl groups excluding tert-OH is 4. The summed E-state index contributed by atoms with van der Waals surface area (Å²) in [5, 5.41) is 47.3. The molecule has 1 aromatic carbocycles. The lowest BCUT2D eigenvalue weighted by molar-refractivity contribution is -0.231. The van der Waals surface area contributed by atoms with Gasteiger partial charge in [-0.3, -0.25) is 0 Å². The number of aliphatic hydroxyl groups is 4. The van der Waals surface area contributed by atoms with E-state index >= 15 is 0 Å². The van der Waals surface area contributed by atoms with Gasteiger partial charge in [0.25, 0.3) is 0 Å². The van der Waals surface area contributed by atoms with Crippen molar-refractivity contribution in [3.8, 4) is 11.8 Å². The molecule has 7 heteroatoms. The predicted molar refractivity (Wildman–Crippen MR) is 79.5 cm³/mol. The van der Waals surface area contributed by atoms with E-state index in [4.69, 9.17) is 14.7 Å². The van der Waals surface area contributed by atoms with Crippen molar-refractivity contribution in [3.63, 3.8) is 0 Å². The van der Waals surface area contributed by atoms with Gasteiger partial charge in [-0.25, -0.2) is 0 Å². The highest BCUT2D eigenvalue weighted by atomic mass is 16.5. The quantitative estimate of drug-likeness (QED) is 0.538. The normalized spacial score (nSPS) is 30.7. The van der Waals surface area contributed by atoms with Gasteiger partial charge >= 0.3 is 0 Å². The van der Waals surface area contributed by atoms with Crippen LogP contribution in [0.25, 0.3) is 0 Å². The van der Waals surface area contributed by atoms with E-state index in [0.717, 1.165) is 0 Å². The van der Waals surface area contributed by atoms with Crippen LogP contribution in [0.2, 0.25) is 0 Å². The van der Waals surface area contributed by atoms with Gasteiger partial charge in [0.2, 0.25) is 0 Å². The molecular weight excluding hydrogens is 302 g/mol. The van der Waals surface area contributed by atoms with Crippen LogP contribution in [0.1, 0.15) is 24.5 Å². The second-order valence-electron chi connectivity index (χ2n) is 5.43. The molecule has 0 bridgehead atoms. The van der Waals surface area contributed by atoms with Gasteiger partial charge in [-0.05, 0) is 24.1 Å². The van der Waals surface area contributed by atoms with Crippen LogP contribution in [0.3, 0.4) is 0 Å². The van der Waals surface area contributed by atoms with E-state index < -0.39 is 37.1 Å². The molecule has 4 N–H and O–H groups in total. The molecule has 0 radical (unpaired) electrons. The first kappa shape index (κ1) is 17.7. The molecule has 0 spiro atoms. The summed E-state index contributed by atoms with van der Waals surface area (Å²) in [4.78, 5) is 0. The van der Waals surface area contributed by atoms with Gasteiger partial charge in [-0.2, -0.15) is 5.26 Å². The molecule has 126 valence electrons. The molecule has 1 heterocycles. The first-order valence-electron chi connectivity index (χ1n) is 7.48.